The molecule has 1 saturated heterocycles. The minimum atomic E-state index is -0.0964. The van der Waals surface area contributed by atoms with Crippen LogP contribution in [0.1, 0.15) is 6.42 Å². The number of aromatic nitrogens is 2. The normalized spacial score (nSPS) is 18.7. The van der Waals surface area contributed by atoms with Crippen molar-refractivity contribution in [3.05, 3.63) is 18.3 Å². The number of likely N-dealkylation sites (tertiary alicyclic amines) is 1. The van der Waals surface area contributed by atoms with E-state index in [9.17, 15) is 4.79 Å². The van der Waals surface area contributed by atoms with E-state index in [0.717, 1.165) is 6.42 Å². The van der Waals surface area contributed by atoms with Gasteiger partial charge in [-0.2, -0.15) is 5.10 Å². The number of urea groups is 1. The Hall–Kier alpha value is -1.56. The number of nitrogens with zero attached hydrogens (tertiary/aromatic N) is 3. The lowest BCUT2D eigenvalue weighted by Gasteiger charge is -2.17. The fourth-order valence-corrected chi connectivity index (χ4v) is 1.89. The third-order valence-electron chi connectivity index (χ3n) is 2.64. The summed E-state index contributed by atoms with van der Waals surface area (Å²) in [7, 11) is 0. The molecule has 6 nitrogen and oxygen atoms in total. The highest BCUT2D eigenvalue weighted by Gasteiger charge is 2.27. The first-order chi connectivity index (χ1) is 8.79. The summed E-state index contributed by atoms with van der Waals surface area (Å²) in [6.07, 6.45) is 2.36. The van der Waals surface area contributed by atoms with Gasteiger partial charge in [0.1, 0.15) is 6.10 Å². The molecule has 0 saturated carbocycles. The minimum Gasteiger partial charge on any atom is -0.471 e. The fraction of sp³-hybridized carbons (Fsp3) is 0.545. The molecular weight excluding hydrogens is 256 g/mol. The number of halogens is 1. The molecule has 0 radical (unpaired) electrons. The molecule has 0 aliphatic carbocycles. The highest BCUT2D eigenvalue weighted by Crippen LogP contribution is 2.15. The van der Waals surface area contributed by atoms with E-state index in [1.54, 1.807) is 23.2 Å². The molecule has 1 fully saturated rings. The summed E-state index contributed by atoms with van der Waals surface area (Å²) in [5.74, 6) is 0.907. The van der Waals surface area contributed by atoms with Gasteiger partial charge in [0, 0.05) is 37.7 Å². The first-order valence-electron chi connectivity index (χ1n) is 5.82. The van der Waals surface area contributed by atoms with E-state index in [2.05, 4.69) is 15.5 Å². The van der Waals surface area contributed by atoms with Crippen molar-refractivity contribution in [3.63, 3.8) is 0 Å². The Balaban J connectivity index is 1.80. The Labute approximate surface area is 110 Å². The van der Waals surface area contributed by atoms with Crippen LogP contribution in [-0.2, 0) is 0 Å². The van der Waals surface area contributed by atoms with Crippen LogP contribution in [0.4, 0.5) is 4.79 Å². The summed E-state index contributed by atoms with van der Waals surface area (Å²) in [5, 5.41) is 10.3. The van der Waals surface area contributed by atoms with Gasteiger partial charge in [-0.1, -0.05) is 0 Å². The van der Waals surface area contributed by atoms with E-state index in [1.807, 2.05) is 0 Å². The van der Waals surface area contributed by atoms with Crippen LogP contribution in [0.15, 0.2) is 18.3 Å². The molecule has 1 aromatic heterocycles. The monoisotopic (exact) mass is 270 g/mol. The van der Waals surface area contributed by atoms with Gasteiger partial charge in [-0.05, 0) is 6.07 Å². The molecule has 18 heavy (non-hydrogen) atoms. The summed E-state index contributed by atoms with van der Waals surface area (Å²) in [6, 6.07) is 3.42. The third-order valence-corrected chi connectivity index (χ3v) is 2.83. The fourth-order valence-electron chi connectivity index (χ4n) is 1.80. The number of rotatable bonds is 4. The largest absolute Gasteiger partial charge is 0.471 e. The van der Waals surface area contributed by atoms with Gasteiger partial charge in [0.05, 0.1) is 6.54 Å². The second-order valence-electron chi connectivity index (χ2n) is 3.96. The predicted molar refractivity (Wildman–Crippen MR) is 66.8 cm³/mol. The molecule has 98 valence electrons. The smallest absolute Gasteiger partial charge is 0.317 e. The van der Waals surface area contributed by atoms with Crippen LogP contribution in [-0.4, -0.2) is 52.7 Å². The maximum atomic E-state index is 11.7. The van der Waals surface area contributed by atoms with Gasteiger partial charge in [0.2, 0.25) is 5.88 Å². The molecule has 2 heterocycles. The van der Waals surface area contributed by atoms with E-state index in [1.165, 1.54) is 0 Å². The maximum absolute atomic E-state index is 11.7. The van der Waals surface area contributed by atoms with E-state index in [0.29, 0.717) is 31.4 Å². The Bertz CT molecular complexity index is 390. The lowest BCUT2D eigenvalue weighted by atomic mass is 10.3. The van der Waals surface area contributed by atoms with Crippen molar-refractivity contribution in [3.8, 4) is 5.88 Å². The maximum Gasteiger partial charge on any atom is 0.317 e. The molecule has 2 amide bonds. The molecule has 1 aliphatic heterocycles. The first-order valence-corrected chi connectivity index (χ1v) is 6.36. The summed E-state index contributed by atoms with van der Waals surface area (Å²) in [6.45, 7) is 1.72. The molecule has 1 aromatic rings. The topological polar surface area (TPSA) is 67.4 Å². The van der Waals surface area contributed by atoms with Gasteiger partial charge in [-0.25, -0.2) is 4.79 Å². The Morgan fingerprint density at radius 3 is 3.28 bits per heavy atom. The molecule has 1 atom stereocenters. The van der Waals surface area contributed by atoms with Crippen molar-refractivity contribution >= 4 is 17.6 Å². The predicted octanol–water partition coefficient (Wildman–Crippen LogP) is 0.878. The molecule has 0 spiro atoms. The Kier molecular flexibility index (Phi) is 4.58. The Morgan fingerprint density at radius 2 is 2.56 bits per heavy atom. The molecule has 0 bridgehead atoms. The van der Waals surface area contributed by atoms with Crippen LogP contribution in [0.2, 0.25) is 0 Å². The minimum absolute atomic E-state index is 0.0246. The molecule has 7 heteroatoms. The zero-order chi connectivity index (χ0) is 12.8. The van der Waals surface area contributed by atoms with Crippen LogP contribution < -0.4 is 10.1 Å². The quantitative estimate of drug-likeness (QED) is 0.825. The highest BCUT2D eigenvalue weighted by atomic mass is 35.5. The zero-order valence-electron chi connectivity index (χ0n) is 9.88. The van der Waals surface area contributed by atoms with Crippen molar-refractivity contribution in [2.24, 2.45) is 0 Å². The number of carbonyl (C=O) groups is 1. The molecule has 1 unspecified atom stereocenters. The van der Waals surface area contributed by atoms with E-state index in [4.69, 9.17) is 16.3 Å². The molecule has 1 aliphatic rings. The second kappa shape index (κ2) is 6.39. The molecular formula is C11H15ClN4O2. The summed E-state index contributed by atoms with van der Waals surface area (Å²) in [5.41, 5.74) is 0. The number of nitrogens with one attached hydrogen (secondary N) is 1. The van der Waals surface area contributed by atoms with Crippen molar-refractivity contribution in [1.29, 1.82) is 0 Å². The van der Waals surface area contributed by atoms with Gasteiger partial charge >= 0.3 is 6.03 Å². The summed E-state index contributed by atoms with van der Waals surface area (Å²) >= 11 is 5.52. The lowest BCUT2D eigenvalue weighted by Crippen LogP contribution is -2.40. The van der Waals surface area contributed by atoms with E-state index >= 15 is 0 Å². The number of hydrogen-bond acceptors (Lipinski definition) is 4. The SMILES string of the molecule is O=C(NCCCl)N1CCC(Oc2cccnn2)C1. The first kappa shape index (κ1) is 12.9. The number of alkyl halides is 1. The van der Waals surface area contributed by atoms with Crippen molar-refractivity contribution in [2.45, 2.75) is 12.5 Å². The second-order valence-corrected chi connectivity index (χ2v) is 4.34. The van der Waals surface area contributed by atoms with Gasteiger partial charge in [0.15, 0.2) is 0 Å². The van der Waals surface area contributed by atoms with Gasteiger partial charge in [0.25, 0.3) is 0 Å². The average Bonchev–Trinajstić information content (AvgIpc) is 2.86. The van der Waals surface area contributed by atoms with Gasteiger partial charge in [-0.3, -0.25) is 0 Å². The van der Waals surface area contributed by atoms with Crippen molar-refractivity contribution in [2.75, 3.05) is 25.5 Å². The van der Waals surface area contributed by atoms with Crippen LogP contribution in [0, 0.1) is 0 Å². The number of ether oxygens (including phenoxy) is 1. The summed E-state index contributed by atoms with van der Waals surface area (Å²) in [4.78, 5) is 13.4. The third kappa shape index (κ3) is 3.46. The molecule has 1 N–H and O–H groups in total. The highest BCUT2D eigenvalue weighted by molar-refractivity contribution is 6.18. The van der Waals surface area contributed by atoms with Crippen LogP contribution in [0.25, 0.3) is 0 Å². The molecule has 0 aromatic carbocycles. The van der Waals surface area contributed by atoms with E-state index < -0.39 is 0 Å². The lowest BCUT2D eigenvalue weighted by molar-refractivity contribution is 0.182. The van der Waals surface area contributed by atoms with Gasteiger partial charge in [-0.15, -0.1) is 16.7 Å². The number of hydrogen-bond donors (Lipinski definition) is 1. The number of amides is 2. The van der Waals surface area contributed by atoms with Crippen molar-refractivity contribution in [1.82, 2.24) is 20.4 Å². The standard InChI is InChI=1S/C11H15ClN4O2/c12-4-6-13-11(17)16-7-3-9(8-16)18-10-2-1-5-14-15-10/h1-2,5,9H,3-4,6-8H2,(H,13,17). The van der Waals surface area contributed by atoms with Crippen LogP contribution >= 0.6 is 11.6 Å². The summed E-state index contributed by atoms with van der Waals surface area (Å²) < 4.78 is 5.64. The van der Waals surface area contributed by atoms with Gasteiger partial charge < -0.3 is 15.0 Å². The Morgan fingerprint density at radius 1 is 1.67 bits per heavy atom. The van der Waals surface area contributed by atoms with E-state index in [-0.39, 0.29) is 12.1 Å². The molecule has 2 rings (SSSR count). The van der Waals surface area contributed by atoms with Crippen LogP contribution in [0.5, 0.6) is 5.88 Å². The van der Waals surface area contributed by atoms with Crippen LogP contribution in [0.3, 0.4) is 0 Å². The zero-order valence-corrected chi connectivity index (χ0v) is 10.6. The number of carbonyl (C=O) groups excluding carboxylic acids is 1. The van der Waals surface area contributed by atoms with Crippen molar-refractivity contribution < 1.29 is 9.53 Å². The average molecular weight is 271 g/mol.